The summed E-state index contributed by atoms with van der Waals surface area (Å²) in [5, 5.41) is 5.10. The number of nitrogens with zero attached hydrogens (tertiary/aromatic N) is 5. The third-order valence-electron chi connectivity index (χ3n) is 3.82. The maximum atomic E-state index is 12.5. The molecule has 8 heteroatoms. The van der Waals surface area contributed by atoms with Gasteiger partial charge in [0.2, 0.25) is 0 Å². The number of rotatable bonds is 2. The van der Waals surface area contributed by atoms with Crippen molar-refractivity contribution < 1.29 is 4.79 Å². The van der Waals surface area contributed by atoms with Gasteiger partial charge in [0.1, 0.15) is 5.82 Å². The minimum absolute atomic E-state index is 0.00936. The number of aryl methyl sites for hydroxylation is 1. The summed E-state index contributed by atoms with van der Waals surface area (Å²) in [6, 6.07) is 1.69. The number of anilines is 1. The molecular weight excluding hydrogens is 337 g/mol. The molecular formula is C15H17Cl2N5O. The van der Waals surface area contributed by atoms with Crippen LogP contribution in [0.5, 0.6) is 0 Å². The van der Waals surface area contributed by atoms with Crippen LogP contribution in [0.25, 0.3) is 0 Å². The van der Waals surface area contributed by atoms with Gasteiger partial charge in [-0.2, -0.15) is 5.10 Å². The van der Waals surface area contributed by atoms with Crippen molar-refractivity contribution in [2.75, 3.05) is 31.1 Å². The number of carbonyl (C=O) groups excluding carboxylic acids is 1. The number of carbonyl (C=O) groups is 1. The fraction of sp³-hybridized carbons (Fsp3) is 0.400. The maximum Gasteiger partial charge on any atom is 0.257 e. The predicted octanol–water partition coefficient (Wildman–Crippen LogP) is 2.47. The fourth-order valence-corrected chi connectivity index (χ4v) is 3.19. The van der Waals surface area contributed by atoms with Crippen molar-refractivity contribution in [2.24, 2.45) is 7.05 Å². The summed E-state index contributed by atoms with van der Waals surface area (Å²) < 4.78 is 1.63. The maximum absolute atomic E-state index is 12.5. The number of amides is 1. The molecule has 1 aliphatic rings. The number of hydrogen-bond donors (Lipinski definition) is 0. The first-order valence-electron chi connectivity index (χ1n) is 7.38. The lowest BCUT2D eigenvalue weighted by Crippen LogP contribution is -2.35. The van der Waals surface area contributed by atoms with Gasteiger partial charge in [0.15, 0.2) is 0 Å². The minimum atomic E-state index is 0.00936. The highest BCUT2D eigenvalue weighted by atomic mass is 35.5. The van der Waals surface area contributed by atoms with Crippen LogP contribution in [0, 0.1) is 0 Å². The highest BCUT2D eigenvalue weighted by molar-refractivity contribution is 6.36. The molecule has 1 saturated heterocycles. The second-order valence-corrected chi connectivity index (χ2v) is 6.34. The van der Waals surface area contributed by atoms with Gasteiger partial charge in [0.25, 0.3) is 5.91 Å². The molecule has 1 amide bonds. The van der Waals surface area contributed by atoms with E-state index in [-0.39, 0.29) is 5.91 Å². The van der Waals surface area contributed by atoms with Crippen molar-refractivity contribution in [1.29, 1.82) is 0 Å². The van der Waals surface area contributed by atoms with Crippen LogP contribution in [0.1, 0.15) is 16.8 Å². The molecule has 1 aliphatic heterocycles. The summed E-state index contributed by atoms with van der Waals surface area (Å²) >= 11 is 12.1. The molecule has 0 radical (unpaired) electrons. The third-order valence-corrected chi connectivity index (χ3v) is 4.31. The molecule has 3 heterocycles. The molecule has 0 saturated carbocycles. The Balaban J connectivity index is 1.70. The summed E-state index contributed by atoms with van der Waals surface area (Å²) in [7, 11) is 1.80. The lowest BCUT2D eigenvalue weighted by atomic mass is 10.3. The zero-order valence-electron chi connectivity index (χ0n) is 12.7. The molecule has 0 N–H and O–H groups in total. The van der Waals surface area contributed by atoms with Gasteiger partial charge in [-0.1, -0.05) is 23.2 Å². The van der Waals surface area contributed by atoms with Gasteiger partial charge >= 0.3 is 0 Å². The van der Waals surface area contributed by atoms with Crippen LogP contribution in [0.2, 0.25) is 10.0 Å². The number of halogens is 2. The first-order chi connectivity index (χ1) is 11.0. The lowest BCUT2D eigenvalue weighted by molar-refractivity contribution is 0.0767. The topological polar surface area (TPSA) is 54.3 Å². The van der Waals surface area contributed by atoms with E-state index < -0.39 is 0 Å². The van der Waals surface area contributed by atoms with Gasteiger partial charge in [-0.25, -0.2) is 4.98 Å². The average Bonchev–Trinajstić information content (AvgIpc) is 2.81. The SMILES string of the molecule is Cn1cc(C(=O)N2CCCN(c3ncc(Cl)cc3Cl)CC2)cn1. The van der Waals surface area contributed by atoms with Crippen LogP contribution < -0.4 is 4.90 Å². The minimum Gasteiger partial charge on any atom is -0.354 e. The summed E-state index contributed by atoms with van der Waals surface area (Å²) in [6.45, 7) is 2.80. The van der Waals surface area contributed by atoms with Crippen LogP contribution in [0.4, 0.5) is 5.82 Å². The molecule has 0 atom stereocenters. The fourth-order valence-electron chi connectivity index (χ4n) is 2.69. The average molecular weight is 354 g/mol. The van der Waals surface area contributed by atoms with Crippen LogP contribution >= 0.6 is 23.2 Å². The molecule has 0 unspecified atom stereocenters. The van der Waals surface area contributed by atoms with Crippen molar-refractivity contribution in [2.45, 2.75) is 6.42 Å². The Kier molecular flexibility index (Phi) is 4.73. The van der Waals surface area contributed by atoms with Crippen molar-refractivity contribution in [3.05, 3.63) is 40.3 Å². The van der Waals surface area contributed by atoms with Crippen LogP contribution in [0.15, 0.2) is 24.7 Å². The van der Waals surface area contributed by atoms with Crippen LogP contribution in [-0.2, 0) is 7.05 Å². The van der Waals surface area contributed by atoms with Gasteiger partial charge in [0.05, 0.1) is 21.8 Å². The predicted molar refractivity (Wildman–Crippen MR) is 90.2 cm³/mol. The highest BCUT2D eigenvalue weighted by Crippen LogP contribution is 2.26. The summed E-state index contributed by atoms with van der Waals surface area (Å²) in [6.07, 6.45) is 5.78. The summed E-state index contributed by atoms with van der Waals surface area (Å²) in [4.78, 5) is 20.8. The Labute approximate surface area is 144 Å². The normalized spacial score (nSPS) is 15.6. The smallest absolute Gasteiger partial charge is 0.257 e. The molecule has 23 heavy (non-hydrogen) atoms. The van der Waals surface area contributed by atoms with Gasteiger partial charge in [-0.15, -0.1) is 0 Å². The largest absolute Gasteiger partial charge is 0.354 e. The van der Waals surface area contributed by atoms with Gasteiger partial charge in [-0.3, -0.25) is 9.48 Å². The van der Waals surface area contributed by atoms with E-state index in [0.29, 0.717) is 41.1 Å². The number of hydrogen-bond acceptors (Lipinski definition) is 4. The Morgan fingerprint density at radius 1 is 1.17 bits per heavy atom. The molecule has 2 aromatic heterocycles. The third kappa shape index (κ3) is 3.59. The Bertz CT molecular complexity index is 718. The molecule has 0 bridgehead atoms. The van der Waals surface area contributed by atoms with E-state index in [9.17, 15) is 4.79 Å². The molecule has 2 aromatic rings. The molecule has 0 aromatic carbocycles. The zero-order valence-corrected chi connectivity index (χ0v) is 14.3. The van der Waals surface area contributed by atoms with Crippen LogP contribution in [-0.4, -0.2) is 51.8 Å². The van der Waals surface area contributed by atoms with E-state index in [2.05, 4.69) is 15.0 Å². The molecule has 3 rings (SSSR count). The highest BCUT2D eigenvalue weighted by Gasteiger charge is 2.22. The van der Waals surface area contributed by atoms with E-state index in [1.807, 2.05) is 4.90 Å². The molecule has 6 nitrogen and oxygen atoms in total. The van der Waals surface area contributed by atoms with Crippen molar-refractivity contribution in [3.63, 3.8) is 0 Å². The zero-order chi connectivity index (χ0) is 16.4. The Morgan fingerprint density at radius 2 is 2.00 bits per heavy atom. The van der Waals surface area contributed by atoms with Crippen LogP contribution in [0.3, 0.4) is 0 Å². The molecule has 1 fully saturated rings. The van der Waals surface area contributed by atoms with Crippen molar-refractivity contribution in [1.82, 2.24) is 19.7 Å². The lowest BCUT2D eigenvalue weighted by Gasteiger charge is -2.23. The first-order valence-corrected chi connectivity index (χ1v) is 8.14. The van der Waals surface area contributed by atoms with E-state index in [1.165, 1.54) is 0 Å². The van der Waals surface area contributed by atoms with E-state index >= 15 is 0 Å². The van der Waals surface area contributed by atoms with Gasteiger partial charge in [0, 0.05) is 45.6 Å². The van der Waals surface area contributed by atoms with E-state index in [1.54, 1.807) is 36.4 Å². The second-order valence-electron chi connectivity index (χ2n) is 5.49. The van der Waals surface area contributed by atoms with Crippen molar-refractivity contribution >= 4 is 34.9 Å². The number of aromatic nitrogens is 3. The van der Waals surface area contributed by atoms with E-state index in [4.69, 9.17) is 23.2 Å². The Morgan fingerprint density at radius 3 is 2.70 bits per heavy atom. The first kappa shape index (κ1) is 16.1. The molecule has 0 spiro atoms. The van der Waals surface area contributed by atoms with Gasteiger partial charge < -0.3 is 9.80 Å². The van der Waals surface area contributed by atoms with Crippen molar-refractivity contribution in [3.8, 4) is 0 Å². The molecule has 122 valence electrons. The summed E-state index contributed by atoms with van der Waals surface area (Å²) in [5.74, 6) is 0.724. The Hall–Kier alpha value is -1.79. The van der Waals surface area contributed by atoms with E-state index in [0.717, 1.165) is 13.0 Å². The summed E-state index contributed by atoms with van der Waals surface area (Å²) in [5.41, 5.74) is 0.614. The molecule has 0 aliphatic carbocycles. The second kappa shape index (κ2) is 6.76. The monoisotopic (exact) mass is 353 g/mol. The van der Waals surface area contributed by atoms with Gasteiger partial charge in [-0.05, 0) is 12.5 Å². The number of pyridine rings is 1. The standard InChI is InChI=1S/C15H17Cl2N5O/c1-20-10-11(8-19-20)15(23)22-4-2-3-21(5-6-22)14-13(17)7-12(16)9-18-14/h7-10H,2-6H2,1H3. The quantitative estimate of drug-likeness (QED) is 0.832.